The van der Waals surface area contributed by atoms with Gasteiger partial charge < -0.3 is 10.2 Å². The van der Waals surface area contributed by atoms with E-state index in [-0.39, 0.29) is 24.4 Å². The van der Waals surface area contributed by atoms with Gasteiger partial charge in [-0.05, 0) is 25.1 Å². The lowest BCUT2D eigenvalue weighted by Crippen LogP contribution is -2.61. The number of piperazine rings is 1. The monoisotopic (exact) mass is 243 g/mol. The molecule has 5 nitrogen and oxygen atoms in total. The Morgan fingerprint density at radius 3 is 2.81 bits per heavy atom. The molecule has 2 N–H and O–H groups in total. The second-order valence-electron chi connectivity index (χ2n) is 3.70. The predicted octanol–water partition coefficient (Wildman–Crippen LogP) is 0.00790. The number of nitrogens with zero attached hydrogens (tertiary/aromatic N) is 1. The fraction of sp³-hybridized carbons (Fsp3) is 0.700. The van der Waals surface area contributed by atoms with Crippen LogP contribution in [0.1, 0.15) is 26.7 Å². The van der Waals surface area contributed by atoms with Crippen molar-refractivity contribution < 1.29 is 9.59 Å². The van der Waals surface area contributed by atoms with Crippen molar-refractivity contribution >= 4 is 29.1 Å². The Morgan fingerprint density at radius 1 is 1.56 bits per heavy atom. The van der Waals surface area contributed by atoms with Crippen LogP contribution in [0.4, 0.5) is 0 Å². The highest BCUT2D eigenvalue weighted by molar-refractivity contribution is 7.80. The minimum Gasteiger partial charge on any atom is -0.363 e. The molecule has 0 bridgehead atoms. The molecule has 16 heavy (non-hydrogen) atoms. The first-order valence-electron chi connectivity index (χ1n) is 5.48. The molecule has 1 rings (SSSR count). The van der Waals surface area contributed by atoms with Crippen LogP contribution in [0.5, 0.6) is 0 Å². The van der Waals surface area contributed by atoms with Crippen LogP contribution in [0.15, 0.2) is 0 Å². The van der Waals surface area contributed by atoms with E-state index >= 15 is 0 Å². The number of carbonyl (C=O) groups excluding carboxylic acids is 2. The molecule has 0 spiro atoms. The van der Waals surface area contributed by atoms with Gasteiger partial charge in [0.15, 0.2) is 5.11 Å². The minimum absolute atomic E-state index is 0.153. The Kier molecular flexibility index (Phi) is 4.67. The predicted molar refractivity (Wildman–Crippen MR) is 64.8 cm³/mol. The van der Waals surface area contributed by atoms with E-state index in [4.69, 9.17) is 12.2 Å². The van der Waals surface area contributed by atoms with Crippen molar-refractivity contribution in [1.29, 1.82) is 0 Å². The highest BCUT2D eigenvalue weighted by Gasteiger charge is 2.33. The van der Waals surface area contributed by atoms with Crippen LogP contribution in [0.25, 0.3) is 0 Å². The molecule has 1 atom stereocenters. The number of carbonyl (C=O) groups is 2. The van der Waals surface area contributed by atoms with Gasteiger partial charge in [0.05, 0.1) is 0 Å². The minimum atomic E-state index is -0.338. The number of rotatable bonds is 3. The van der Waals surface area contributed by atoms with Crippen molar-refractivity contribution in [3.8, 4) is 0 Å². The van der Waals surface area contributed by atoms with Crippen molar-refractivity contribution in [3.63, 3.8) is 0 Å². The smallest absolute Gasteiger partial charge is 0.249 e. The maximum absolute atomic E-state index is 11.6. The molecular formula is C10H17N3O2S. The first kappa shape index (κ1) is 12.9. The molecule has 1 saturated heterocycles. The number of thiocarbonyl (C=S) groups is 1. The Bertz CT molecular complexity index is 306. The highest BCUT2D eigenvalue weighted by atomic mass is 32.1. The molecule has 90 valence electrons. The first-order valence-corrected chi connectivity index (χ1v) is 5.89. The van der Waals surface area contributed by atoms with Gasteiger partial charge in [0.1, 0.15) is 12.6 Å². The number of imide groups is 1. The summed E-state index contributed by atoms with van der Waals surface area (Å²) in [4.78, 5) is 24.5. The summed E-state index contributed by atoms with van der Waals surface area (Å²) in [5.74, 6) is -0.560. The quantitative estimate of drug-likeness (QED) is 0.540. The van der Waals surface area contributed by atoms with Gasteiger partial charge in [0, 0.05) is 6.54 Å². The fourth-order valence-electron chi connectivity index (χ4n) is 1.62. The second kappa shape index (κ2) is 5.79. The first-order chi connectivity index (χ1) is 7.60. The molecule has 1 aliphatic heterocycles. The molecule has 0 radical (unpaired) electrons. The molecule has 0 aromatic heterocycles. The van der Waals surface area contributed by atoms with E-state index in [9.17, 15) is 9.59 Å². The number of hydrogen-bond donors (Lipinski definition) is 2. The molecule has 1 heterocycles. The van der Waals surface area contributed by atoms with Crippen molar-refractivity contribution in [2.24, 2.45) is 0 Å². The van der Waals surface area contributed by atoms with Gasteiger partial charge in [-0.15, -0.1) is 0 Å². The SMILES string of the molecule is CCCNC(=S)N1CC(=O)NC(=O)C1CC. The average Bonchev–Trinajstić information content (AvgIpc) is 2.24. The third-order valence-electron chi connectivity index (χ3n) is 2.43. The lowest BCUT2D eigenvalue weighted by Gasteiger charge is -2.35. The van der Waals surface area contributed by atoms with E-state index in [0.29, 0.717) is 11.5 Å². The molecular weight excluding hydrogens is 226 g/mol. The third kappa shape index (κ3) is 2.91. The molecule has 0 aromatic carbocycles. The van der Waals surface area contributed by atoms with E-state index in [0.717, 1.165) is 13.0 Å². The summed E-state index contributed by atoms with van der Waals surface area (Å²) in [5, 5.41) is 5.83. The van der Waals surface area contributed by atoms with Crippen molar-refractivity contribution in [2.45, 2.75) is 32.7 Å². The topological polar surface area (TPSA) is 61.4 Å². The molecule has 0 saturated carbocycles. The van der Waals surface area contributed by atoms with E-state index < -0.39 is 0 Å². The van der Waals surface area contributed by atoms with Gasteiger partial charge >= 0.3 is 0 Å². The number of amides is 2. The third-order valence-corrected chi connectivity index (χ3v) is 2.81. The van der Waals surface area contributed by atoms with Crippen LogP contribution in [-0.4, -0.2) is 41.0 Å². The van der Waals surface area contributed by atoms with Crippen LogP contribution in [0, 0.1) is 0 Å². The Labute approximate surface area is 101 Å². The highest BCUT2D eigenvalue weighted by Crippen LogP contribution is 2.09. The largest absolute Gasteiger partial charge is 0.363 e. The fourth-order valence-corrected chi connectivity index (χ4v) is 1.91. The van der Waals surface area contributed by atoms with E-state index in [2.05, 4.69) is 10.6 Å². The zero-order chi connectivity index (χ0) is 12.1. The summed E-state index contributed by atoms with van der Waals surface area (Å²) in [5.41, 5.74) is 0. The van der Waals surface area contributed by atoms with Gasteiger partial charge in [-0.2, -0.15) is 0 Å². The van der Waals surface area contributed by atoms with Crippen LogP contribution in [-0.2, 0) is 9.59 Å². The molecule has 6 heteroatoms. The Hall–Kier alpha value is -1.17. The van der Waals surface area contributed by atoms with Gasteiger partial charge in [0.2, 0.25) is 11.8 Å². The summed E-state index contributed by atoms with van der Waals surface area (Å²) in [6, 6.07) is -0.338. The molecule has 0 aromatic rings. The maximum Gasteiger partial charge on any atom is 0.249 e. The van der Waals surface area contributed by atoms with Crippen LogP contribution in [0.3, 0.4) is 0 Å². The van der Waals surface area contributed by atoms with Crippen LogP contribution in [0.2, 0.25) is 0 Å². The summed E-state index contributed by atoms with van der Waals surface area (Å²) in [7, 11) is 0. The zero-order valence-corrected chi connectivity index (χ0v) is 10.4. The normalized spacial score (nSPS) is 20.6. The summed E-state index contributed by atoms with van der Waals surface area (Å²) >= 11 is 5.17. The molecule has 1 aliphatic rings. The molecule has 1 fully saturated rings. The summed E-state index contributed by atoms with van der Waals surface area (Å²) < 4.78 is 0. The van der Waals surface area contributed by atoms with Crippen molar-refractivity contribution in [3.05, 3.63) is 0 Å². The lowest BCUT2D eigenvalue weighted by molar-refractivity contribution is -0.137. The van der Waals surface area contributed by atoms with Crippen LogP contribution < -0.4 is 10.6 Å². The number of hydrogen-bond acceptors (Lipinski definition) is 3. The molecule has 0 aliphatic carbocycles. The van der Waals surface area contributed by atoms with Crippen molar-refractivity contribution in [2.75, 3.05) is 13.1 Å². The second-order valence-corrected chi connectivity index (χ2v) is 4.08. The van der Waals surface area contributed by atoms with Gasteiger partial charge in [-0.1, -0.05) is 13.8 Å². The van der Waals surface area contributed by atoms with Crippen molar-refractivity contribution in [1.82, 2.24) is 15.5 Å². The van der Waals surface area contributed by atoms with Gasteiger partial charge in [-0.25, -0.2) is 0 Å². The van der Waals surface area contributed by atoms with Crippen LogP contribution >= 0.6 is 12.2 Å². The lowest BCUT2D eigenvalue weighted by atomic mass is 10.1. The number of nitrogens with one attached hydrogen (secondary N) is 2. The zero-order valence-electron chi connectivity index (χ0n) is 9.58. The summed E-state index contributed by atoms with van der Waals surface area (Å²) in [6.07, 6.45) is 1.58. The Morgan fingerprint density at radius 2 is 2.25 bits per heavy atom. The molecule has 2 amide bonds. The van der Waals surface area contributed by atoms with E-state index in [1.165, 1.54) is 0 Å². The average molecular weight is 243 g/mol. The Balaban J connectivity index is 2.70. The molecule has 1 unspecified atom stereocenters. The van der Waals surface area contributed by atoms with E-state index in [1.807, 2.05) is 13.8 Å². The van der Waals surface area contributed by atoms with Gasteiger partial charge in [0.25, 0.3) is 0 Å². The maximum atomic E-state index is 11.6. The van der Waals surface area contributed by atoms with Gasteiger partial charge in [-0.3, -0.25) is 14.9 Å². The standard InChI is InChI=1S/C10H17N3O2S/c1-3-5-11-10(16)13-6-8(14)12-9(15)7(13)4-2/h7H,3-6H2,1-2H3,(H,11,16)(H,12,14,15). The van der Waals surface area contributed by atoms with E-state index in [1.54, 1.807) is 4.90 Å². The summed E-state index contributed by atoms with van der Waals surface area (Å²) in [6.45, 7) is 4.83.